The minimum Gasteiger partial charge on any atom is -0.480 e. The SMILES string of the molecule is COCC(NC(=O)NCc1cnc[nH]1)C(=O)O. The number of ether oxygens (including phenoxy) is 1. The molecule has 0 aliphatic heterocycles. The number of imidazole rings is 1. The Bertz CT molecular complexity index is 365. The summed E-state index contributed by atoms with van der Waals surface area (Å²) in [6.07, 6.45) is 3.05. The van der Waals surface area contributed by atoms with Crippen LogP contribution < -0.4 is 10.6 Å². The van der Waals surface area contributed by atoms with Gasteiger partial charge in [0.15, 0.2) is 6.04 Å². The van der Waals surface area contributed by atoms with Gasteiger partial charge in [0.2, 0.25) is 0 Å². The number of carbonyl (C=O) groups excluding carboxylic acids is 1. The van der Waals surface area contributed by atoms with Gasteiger partial charge in [-0.05, 0) is 0 Å². The van der Waals surface area contributed by atoms with Crippen molar-refractivity contribution in [1.82, 2.24) is 20.6 Å². The molecule has 1 aromatic rings. The topological polar surface area (TPSA) is 116 Å². The molecule has 4 N–H and O–H groups in total. The van der Waals surface area contributed by atoms with Gasteiger partial charge in [-0.25, -0.2) is 14.6 Å². The standard InChI is InChI=1S/C9H14N4O4/c1-17-4-7(8(14)15)13-9(16)11-3-6-2-10-5-12-6/h2,5,7H,3-4H2,1H3,(H,10,12)(H,14,15)(H2,11,13,16). The van der Waals surface area contributed by atoms with Gasteiger partial charge < -0.3 is 25.5 Å². The number of carboxylic acid groups (broad SMARTS) is 1. The first-order valence-electron chi connectivity index (χ1n) is 4.87. The second-order valence-corrected chi connectivity index (χ2v) is 3.25. The first-order chi connectivity index (χ1) is 8.13. The second-order valence-electron chi connectivity index (χ2n) is 3.25. The molecular weight excluding hydrogens is 228 g/mol. The summed E-state index contributed by atoms with van der Waals surface area (Å²) >= 11 is 0. The van der Waals surface area contributed by atoms with Crippen LogP contribution in [0.2, 0.25) is 0 Å². The Kier molecular flexibility index (Phi) is 4.95. The average molecular weight is 242 g/mol. The van der Waals surface area contributed by atoms with Crippen molar-refractivity contribution in [2.45, 2.75) is 12.6 Å². The summed E-state index contributed by atoms with van der Waals surface area (Å²) in [4.78, 5) is 28.6. The zero-order valence-corrected chi connectivity index (χ0v) is 9.27. The van der Waals surface area contributed by atoms with Crippen LogP contribution in [0.15, 0.2) is 12.5 Å². The third-order valence-corrected chi connectivity index (χ3v) is 1.93. The van der Waals surface area contributed by atoms with Crippen LogP contribution in [0.1, 0.15) is 5.69 Å². The zero-order valence-electron chi connectivity index (χ0n) is 9.27. The summed E-state index contributed by atoms with van der Waals surface area (Å²) < 4.78 is 4.68. The summed E-state index contributed by atoms with van der Waals surface area (Å²) in [7, 11) is 1.36. The molecule has 0 saturated carbocycles. The minimum absolute atomic E-state index is 0.0905. The summed E-state index contributed by atoms with van der Waals surface area (Å²) in [6.45, 7) is 0.151. The maximum Gasteiger partial charge on any atom is 0.328 e. The fourth-order valence-corrected chi connectivity index (χ4v) is 1.11. The van der Waals surface area contributed by atoms with Gasteiger partial charge in [0.25, 0.3) is 0 Å². The van der Waals surface area contributed by atoms with Crippen molar-refractivity contribution in [1.29, 1.82) is 0 Å². The van der Waals surface area contributed by atoms with E-state index < -0.39 is 18.0 Å². The summed E-state index contributed by atoms with van der Waals surface area (Å²) in [5.41, 5.74) is 0.721. The molecule has 0 spiro atoms. The average Bonchev–Trinajstić information content (AvgIpc) is 2.78. The van der Waals surface area contributed by atoms with Gasteiger partial charge in [-0.1, -0.05) is 0 Å². The second kappa shape index (κ2) is 6.48. The van der Waals surface area contributed by atoms with Crippen LogP contribution >= 0.6 is 0 Å². The van der Waals surface area contributed by atoms with E-state index in [1.54, 1.807) is 6.20 Å². The highest BCUT2D eigenvalue weighted by atomic mass is 16.5. The predicted molar refractivity (Wildman–Crippen MR) is 57.3 cm³/mol. The number of amides is 2. The van der Waals surface area contributed by atoms with Gasteiger partial charge in [0.05, 0.1) is 25.2 Å². The van der Waals surface area contributed by atoms with Gasteiger partial charge in [-0.3, -0.25) is 0 Å². The number of carboxylic acids is 1. The van der Waals surface area contributed by atoms with Crippen molar-refractivity contribution in [2.24, 2.45) is 0 Å². The molecule has 1 aromatic heterocycles. The van der Waals surface area contributed by atoms with E-state index >= 15 is 0 Å². The molecule has 1 heterocycles. The fourth-order valence-electron chi connectivity index (χ4n) is 1.11. The molecule has 0 aromatic carbocycles. The molecule has 0 saturated heterocycles. The van der Waals surface area contributed by atoms with Crippen molar-refractivity contribution in [3.05, 3.63) is 18.2 Å². The minimum atomic E-state index is -1.15. The zero-order chi connectivity index (χ0) is 12.7. The Balaban J connectivity index is 2.34. The molecule has 2 amide bonds. The molecular formula is C9H14N4O4. The molecule has 1 rings (SSSR count). The van der Waals surface area contributed by atoms with Gasteiger partial charge in [0.1, 0.15) is 0 Å². The van der Waals surface area contributed by atoms with Gasteiger partial charge >= 0.3 is 12.0 Å². The van der Waals surface area contributed by atoms with E-state index in [2.05, 4.69) is 25.3 Å². The molecule has 0 radical (unpaired) electrons. The van der Waals surface area contributed by atoms with Crippen LogP contribution in [0.25, 0.3) is 0 Å². The van der Waals surface area contributed by atoms with Crippen LogP contribution in [0.3, 0.4) is 0 Å². The van der Waals surface area contributed by atoms with Crippen molar-refractivity contribution >= 4 is 12.0 Å². The number of aromatic amines is 1. The van der Waals surface area contributed by atoms with Crippen LogP contribution in [0.5, 0.6) is 0 Å². The first kappa shape index (κ1) is 13.0. The summed E-state index contributed by atoms with van der Waals surface area (Å²) in [5, 5.41) is 13.5. The van der Waals surface area contributed by atoms with Gasteiger partial charge in [-0.15, -0.1) is 0 Å². The van der Waals surface area contributed by atoms with E-state index in [1.165, 1.54) is 13.4 Å². The van der Waals surface area contributed by atoms with Crippen LogP contribution in [-0.2, 0) is 16.1 Å². The lowest BCUT2D eigenvalue weighted by Gasteiger charge is -2.13. The predicted octanol–water partition coefficient (Wildman–Crippen LogP) is -0.691. The van der Waals surface area contributed by atoms with Crippen LogP contribution in [-0.4, -0.2) is 46.8 Å². The van der Waals surface area contributed by atoms with E-state index in [0.717, 1.165) is 5.69 Å². The Labute approximate surface area is 97.4 Å². The Morgan fingerprint density at radius 2 is 2.41 bits per heavy atom. The lowest BCUT2D eigenvalue weighted by Crippen LogP contribution is -2.48. The van der Waals surface area contributed by atoms with Gasteiger partial charge in [0, 0.05) is 13.3 Å². The summed E-state index contributed by atoms with van der Waals surface area (Å²) in [6, 6.07) is -1.65. The lowest BCUT2D eigenvalue weighted by molar-refractivity contribution is -0.140. The number of carbonyl (C=O) groups is 2. The molecule has 17 heavy (non-hydrogen) atoms. The van der Waals surface area contributed by atoms with E-state index in [-0.39, 0.29) is 13.2 Å². The molecule has 0 bridgehead atoms. The highest BCUT2D eigenvalue weighted by molar-refractivity contribution is 5.82. The molecule has 8 nitrogen and oxygen atoms in total. The molecule has 94 valence electrons. The maximum absolute atomic E-state index is 11.4. The fraction of sp³-hybridized carbons (Fsp3) is 0.444. The van der Waals surface area contributed by atoms with Crippen LogP contribution in [0, 0.1) is 0 Å². The van der Waals surface area contributed by atoms with Crippen molar-refractivity contribution < 1.29 is 19.4 Å². The number of nitrogens with one attached hydrogen (secondary N) is 3. The van der Waals surface area contributed by atoms with Crippen molar-refractivity contribution in [3.8, 4) is 0 Å². The molecule has 0 fully saturated rings. The normalized spacial score (nSPS) is 11.8. The number of methoxy groups -OCH3 is 1. The van der Waals surface area contributed by atoms with E-state index in [1.807, 2.05) is 0 Å². The van der Waals surface area contributed by atoms with Crippen molar-refractivity contribution in [2.75, 3.05) is 13.7 Å². The number of hydrogen-bond donors (Lipinski definition) is 4. The molecule has 0 aliphatic carbocycles. The third-order valence-electron chi connectivity index (χ3n) is 1.93. The first-order valence-corrected chi connectivity index (χ1v) is 4.87. The quantitative estimate of drug-likeness (QED) is 0.526. The van der Waals surface area contributed by atoms with E-state index in [4.69, 9.17) is 5.11 Å². The van der Waals surface area contributed by atoms with Gasteiger partial charge in [-0.2, -0.15) is 0 Å². The molecule has 8 heteroatoms. The highest BCUT2D eigenvalue weighted by Crippen LogP contribution is 1.90. The lowest BCUT2D eigenvalue weighted by atomic mass is 10.3. The molecule has 1 unspecified atom stereocenters. The van der Waals surface area contributed by atoms with Crippen LogP contribution in [0.4, 0.5) is 4.79 Å². The number of hydrogen-bond acceptors (Lipinski definition) is 4. The number of urea groups is 1. The number of H-pyrrole nitrogens is 1. The molecule has 0 aliphatic rings. The van der Waals surface area contributed by atoms with E-state index in [0.29, 0.717) is 0 Å². The number of aromatic nitrogens is 2. The Hall–Kier alpha value is -2.09. The van der Waals surface area contributed by atoms with E-state index in [9.17, 15) is 9.59 Å². The Morgan fingerprint density at radius 1 is 1.65 bits per heavy atom. The number of aliphatic carboxylic acids is 1. The molecule has 1 atom stereocenters. The third kappa shape index (κ3) is 4.51. The van der Waals surface area contributed by atoms with Crippen molar-refractivity contribution in [3.63, 3.8) is 0 Å². The Morgan fingerprint density at radius 3 is 2.94 bits per heavy atom. The highest BCUT2D eigenvalue weighted by Gasteiger charge is 2.19. The number of rotatable bonds is 6. The largest absolute Gasteiger partial charge is 0.480 e. The monoisotopic (exact) mass is 242 g/mol. The summed E-state index contributed by atoms with van der Waals surface area (Å²) in [5.74, 6) is -1.15. The number of nitrogens with zero attached hydrogens (tertiary/aromatic N) is 1. The maximum atomic E-state index is 11.4. The smallest absolute Gasteiger partial charge is 0.328 e.